The zero-order valence-corrected chi connectivity index (χ0v) is 16.3. The number of aromatic nitrogens is 2. The highest BCUT2D eigenvalue weighted by atomic mass is 15.3. The predicted octanol–water partition coefficient (Wildman–Crippen LogP) is 4.76. The molecule has 26 heavy (non-hydrogen) atoms. The van der Waals surface area contributed by atoms with E-state index in [-0.39, 0.29) is 0 Å². The molecule has 0 bridgehead atoms. The molecule has 2 aromatic rings. The number of hydrogen-bond acceptors (Lipinski definition) is 5. The molecule has 5 heteroatoms. The molecule has 0 atom stereocenters. The predicted molar refractivity (Wildman–Crippen MR) is 111 cm³/mol. The van der Waals surface area contributed by atoms with E-state index in [0.29, 0.717) is 0 Å². The highest BCUT2D eigenvalue weighted by molar-refractivity contribution is 5.61. The topological polar surface area (TPSA) is 44.3 Å². The Balaban J connectivity index is 1.75. The highest BCUT2D eigenvalue weighted by Crippen LogP contribution is 2.23. The molecule has 1 aromatic carbocycles. The van der Waals surface area contributed by atoms with Crippen molar-refractivity contribution in [2.24, 2.45) is 0 Å². The Hall–Kier alpha value is -2.30. The van der Waals surface area contributed by atoms with Gasteiger partial charge in [0.15, 0.2) is 0 Å². The van der Waals surface area contributed by atoms with Gasteiger partial charge in [-0.2, -0.15) is 4.98 Å². The zero-order valence-electron chi connectivity index (χ0n) is 16.3. The summed E-state index contributed by atoms with van der Waals surface area (Å²) in [5, 5.41) is 3.45. The van der Waals surface area contributed by atoms with Crippen molar-refractivity contribution in [2.75, 3.05) is 41.3 Å². The van der Waals surface area contributed by atoms with Crippen molar-refractivity contribution < 1.29 is 0 Å². The summed E-state index contributed by atoms with van der Waals surface area (Å²) in [5.41, 5.74) is 3.31. The number of nitrogens with zero attached hydrogens (tertiary/aromatic N) is 4. The lowest BCUT2D eigenvalue weighted by Gasteiger charge is -2.22. The number of anilines is 4. The molecule has 0 radical (unpaired) electrons. The van der Waals surface area contributed by atoms with E-state index in [2.05, 4.69) is 58.2 Å². The van der Waals surface area contributed by atoms with Gasteiger partial charge in [-0.3, -0.25) is 0 Å². The second-order valence-corrected chi connectivity index (χ2v) is 6.94. The summed E-state index contributed by atoms with van der Waals surface area (Å²) in [6.07, 6.45) is 5.08. The molecular weight excluding hydrogens is 322 g/mol. The van der Waals surface area contributed by atoms with E-state index in [1.165, 1.54) is 31.4 Å². The Labute approximate surface area is 157 Å². The Kier molecular flexibility index (Phi) is 6.31. The van der Waals surface area contributed by atoms with Crippen LogP contribution in [0.15, 0.2) is 30.3 Å². The van der Waals surface area contributed by atoms with Gasteiger partial charge < -0.3 is 15.1 Å². The number of hydrogen-bond donors (Lipinski definition) is 1. The van der Waals surface area contributed by atoms with E-state index in [1.54, 1.807) is 0 Å². The van der Waals surface area contributed by atoms with E-state index < -0.39 is 0 Å². The van der Waals surface area contributed by atoms with E-state index >= 15 is 0 Å². The Bertz CT molecular complexity index is 686. The number of aryl methyl sites for hydroxylation is 1. The fourth-order valence-corrected chi connectivity index (χ4v) is 3.52. The largest absolute Gasteiger partial charge is 0.372 e. The van der Waals surface area contributed by atoms with E-state index in [9.17, 15) is 0 Å². The molecule has 1 aromatic heterocycles. The minimum absolute atomic E-state index is 0.856. The van der Waals surface area contributed by atoms with Crippen molar-refractivity contribution in [1.82, 2.24) is 9.97 Å². The number of benzene rings is 1. The second-order valence-electron chi connectivity index (χ2n) is 6.94. The lowest BCUT2D eigenvalue weighted by Crippen LogP contribution is -2.26. The van der Waals surface area contributed by atoms with Gasteiger partial charge in [0.05, 0.1) is 0 Å². The Morgan fingerprint density at radius 2 is 1.62 bits per heavy atom. The van der Waals surface area contributed by atoms with Crippen LogP contribution in [-0.4, -0.2) is 36.1 Å². The molecule has 0 spiro atoms. The zero-order chi connectivity index (χ0) is 18.4. The monoisotopic (exact) mass is 353 g/mol. The SMILES string of the molecule is CCN(CC)c1ccc(Nc2cc(C)nc(N3CCCCCC3)n2)cc1. The molecule has 1 N–H and O–H groups in total. The molecule has 140 valence electrons. The van der Waals surface area contributed by atoms with Gasteiger partial charge in [0, 0.05) is 49.3 Å². The van der Waals surface area contributed by atoms with Gasteiger partial charge in [-0.05, 0) is 57.9 Å². The summed E-state index contributed by atoms with van der Waals surface area (Å²) in [4.78, 5) is 14.1. The lowest BCUT2D eigenvalue weighted by atomic mass is 10.2. The molecule has 2 heterocycles. The van der Waals surface area contributed by atoms with Crippen LogP contribution in [0.5, 0.6) is 0 Å². The van der Waals surface area contributed by atoms with Crippen LogP contribution in [0.1, 0.15) is 45.2 Å². The van der Waals surface area contributed by atoms with Crippen molar-refractivity contribution in [3.8, 4) is 0 Å². The van der Waals surface area contributed by atoms with E-state index in [4.69, 9.17) is 4.98 Å². The lowest BCUT2D eigenvalue weighted by molar-refractivity contribution is 0.726. The molecule has 0 unspecified atom stereocenters. The normalized spacial score (nSPS) is 14.8. The maximum atomic E-state index is 4.78. The molecule has 0 amide bonds. The van der Waals surface area contributed by atoms with E-state index in [0.717, 1.165) is 49.3 Å². The quantitative estimate of drug-likeness (QED) is 0.811. The Morgan fingerprint density at radius 1 is 0.962 bits per heavy atom. The molecule has 1 aliphatic rings. The van der Waals surface area contributed by atoms with Crippen molar-refractivity contribution >= 4 is 23.1 Å². The smallest absolute Gasteiger partial charge is 0.227 e. The van der Waals surface area contributed by atoms with Gasteiger partial charge in [0.1, 0.15) is 5.82 Å². The summed E-state index contributed by atoms with van der Waals surface area (Å²) >= 11 is 0. The molecule has 3 rings (SSSR count). The van der Waals surface area contributed by atoms with Gasteiger partial charge in [0.2, 0.25) is 5.95 Å². The molecule has 0 saturated carbocycles. The summed E-state index contributed by atoms with van der Waals surface area (Å²) < 4.78 is 0. The summed E-state index contributed by atoms with van der Waals surface area (Å²) in [6, 6.07) is 10.6. The van der Waals surface area contributed by atoms with Crippen molar-refractivity contribution in [2.45, 2.75) is 46.5 Å². The van der Waals surface area contributed by atoms with Crippen LogP contribution in [0.4, 0.5) is 23.1 Å². The first-order valence-corrected chi connectivity index (χ1v) is 9.92. The van der Waals surface area contributed by atoms with E-state index in [1.807, 2.05) is 13.0 Å². The van der Waals surface area contributed by atoms with Crippen LogP contribution >= 0.6 is 0 Å². The molecule has 1 fully saturated rings. The van der Waals surface area contributed by atoms with Gasteiger partial charge in [-0.25, -0.2) is 4.98 Å². The van der Waals surface area contributed by atoms with Gasteiger partial charge >= 0.3 is 0 Å². The maximum absolute atomic E-state index is 4.78. The fraction of sp³-hybridized carbons (Fsp3) is 0.524. The fourth-order valence-electron chi connectivity index (χ4n) is 3.52. The third-order valence-electron chi connectivity index (χ3n) is 5.00. The third kappa shape index (κ3) is 4.65. The van der Waals surface area contributed by atoms with Crippen LogP contribution in [0.25, 0.3) is 0 Å². The minimum atomic E-state index is 0.856. The van der Waals surface area contributed by atoms with Crippen molar-refractivity contribution in [1.29, 1.82) is 0 Å². The number of rotatable bonds is 6. The molecule has 0 aliphatic carbocycles. The minimum Gasteiger partial charge on any atom is -0.372 e. The average Bonchev–Trinajstić information content (AvgIpc) is 2.93. The first kappa shape index (κ1) is 18.5. The summed E-state index contributed by atoms with van der Waals surface area (Å²) in [7, 11) is 0. The average molecular weight is 354 g/mol. The molecular formula is C21H31N5. The summed E-state index contributed by atoms with van der Waals surface area (Å²) in [6.45, 7) is 10.6. The highest BCUT2D eigenvalue weighted by Gasteiger charge is 2.14. The third-order valence-corrected chi connectivity index (χ3v) is 5.00. The first-order valence-electron chi connectivity index (χ1n) is 9.92. The molecule has 1 saturated heterocycles. The molecule has 5 nitrogen and oxygen atoms in total. The second kappa shape index (κ2) is 8.88. The van der Waals surface area contributed by atoms with Crippen LogP contribution in [0, 0.1) is 6.92 Å². The van der Waals surface area contributed by atoms with Crippen LogP contribution < -0.4 is 15.1 Å². The van der Waals surface area contributed by atoms with Crippen LogP contribution in [-0.2, 0) is 0 Å². The first-order chi connectivity index (χ1) is 12.7. The van der Waals surface area contributed by atoms with Crippen molar-refractivity contribution in [3.05, 3.63) is 36.0 Å². The molecule has 1 aliphatic heterocycles. The van der Waals surface area contributed by atoms with Gasteiger partial charge in [-0.15, -0.1) is 0 Å². The van der Waals surface area contributed by atoms with Crippen LogP contribution in [0.3, 0.4) is 0 Å². The Morgan fingerprint density at radius 3 is 2.23 bits per heavy atom. The summed E-state index contributed by atoms with van der Waals surface area (Å²) in [5.74, 6) is 1.72. The maximum Gasteiger partial charge on any atom is 0.227 e. The van der Waals surface area contributed by atoms with Crippen molar-refractivity contribution in [3.63, 3.8) is 0 Å². The van der Waals surface area contributed by atoms with Gasteiger partial charge in [-0.1, -0.05) is 12.8 Å². The van der Waals surface area contributed by atoms with Gasteiger partial charge in [0.25, 0.3) is 0 Å². The van der Waals surface area contributed by atoms with Crippen LogP contribution in [0.2, 0.25) is 0 Å². The standard InChI is InChI=1S/C21H31N5/c1-4-25(5-2)19-12-10-18(11-13-19)23-20-16-17(3)22-21(24-20)26-14-8-6-7-9-15-26/h10-13,16H,4-9,14-15H2,1-3H3,(H,22,23,24). The number of nitrogens with one attached hydrogen (secondary N) is 1.